The van der Waals surface area contributed by atoms with Gasteiger partial charge in [0.25, 0.3) is 5.56 Å². The lowest BCUT2D eigenvalue weighted by molar-refractivity contribution is -0.137. The zero-order valence-electron chi connectivity index (χ0n) is 17.0. The summed E-state index contributed by atoms with van der Waals surface area (Å²) in [5.41, 5.74) is 0.116. The second-order valence-corrected chi connectivity index (χ2v) is 7.02. The maximum atomic E-state index is 12.7. The number of ether oxygens (including phenoxy) is 1. The van der Waals surface area contributed by atoms with E-state index in [0.717, 1.165) is 0 Å². The number of H-pyrrole nitrogens is 1. The van der Waals surface area contributed by atoms with Crippen LogP contribution < -0.4 is 10.9 Å². The second-order valence-electron chi connectivity index (χ2n) is 7.02. The van der Waals surface area contributed by atoms with Gasteiger partial charge in [-0.2, -0.15) is 5.10 Å². The Morgan fingerprint density at radius 2 is 1.77 bits per heavy atom. The summed E-state index contributed by atoms with van der Waals surface area (Å²) in [6, 6.07) is 6.19. The number of aromatic amines is 1. The van der Waals surface area contributed by atoms with Crippen molar-refractivity contribution in [1.29, 1.82) is 0 Å². The molecular weight excluding hydrogens is 390 g/mol. The molecule has 1 aromatic carbocycles. The van der Waals surface area contributed by atoms with E-state index >= 15 is 0 Å². The van der Waals surface area contributed by atoms with Crippen LogP contribution in [0.4, 0.5) is 4.79 Å². The largest absolute Gasteiger partial charge is 0.450 e. The highest BCUT2D eigenvalue weighted by Gasteiger charge is 2.28. The van der Waals surface area contributed by atoms with Gasteiger partial charge in [-0.3, -0.25) is 14.4 Å². The van der Waals surface area contributed by atoms with E-state index in [2.05, 4.69) is 15.5 Å². The molecule has 1 atom stereocenters. The smallest absolute Gasteiger partial charge is 0.409 e. The Labute approximate surface area is 173 Å². The predicted octanol–water partition coefficient (Wildman–Crippen LogP) is 0.271. The molecule has 0 saturated carbocycles. The Bertz CT molecular complexity index is 996. The van der Waals surface area contributed by atoms with Gasteiger partial charge in [0.05, 0.1) is 24.1 Å². The number of carbonyl (C=O) groups excluding carboxylic acids is 3. The lowest BCUT2D eigenvalue weighted by atomic mass is 10.1. The number of fused-ring (bicyclic) bond motifs is 1. The van der Waals surface area contributed by atoms with Gasteiger partial charge in [-0.05, 0) is 19.9 Å². The van der Waals surface area contributed by atoms with Crippen molar-refractivity contribution in [2.75, 3.05) is 32.8 Å². The first-order valence-electron chi connectivity index (χ1n) is 9.86. The molecule has 2 aromatic rings. The van der Waals surface area contributed by atoms with E-state index < -0.39 is 6.04 Å². The van der Waals surface area contributed by atoms with Gasteiger partial charge in [-0.15, -0.1) is 0 Å². The third kappa shape index (κ3) is 4.76. The maximum absolute atomic E-state index is 12.7. The molecule has 10 heteroatoms. The van der Waals surface area contributed by atoms with Crippen LogP contribution in [0, 0.1) is 0 Å². The predicted molar refractivity (Wildman–Crippen MR) is 109 cm³/mol. The number of benzene rings is 1. The van der Waals surface area contributed by atoms with Crippen molar-refractivity contribution in [1.82, 2.24) is 25.3 Å². The summed E-state index contributed by atoms with van der Waals surface area (Å²) >= 11 is 0. The van der Waals surface area contributed by atoms with Gasteiger partial charge in [0.15, 0.2) is 0 Å². The van der Waals surface area contributed by atoms with E-state index in [-0.39, 0.29) is 29.9 Å². The minimum absolute atomic E-state index is 0.0639. The van der Waals surface area contributed by atoms with Crippen molar-refractivity contribution < 1.29 is 19.1 Å². The Balaban J connectivity index is 1.56. The van der Waals surface area contributed by atoms with Crippen molar-refractivity contribution in [3.05, 3.63) is 40.3 Å². The first kappa shape index (κ1) is 21.3. The second kappa shape index (κ2) is 9.38. The summed E-state index contributed by atoms with van der Waals surface area (Å²) in [6.45, 7) is 5.20. The molecule has 1 fully saturated rings. The summed E-state index contributed by atoms with van der Waals surface area (Å²) in [5.74, 6) is -0.586. The van der Waals surface area contributed by atoms with Crippen molar-refractivity contribution in [2.45, 2.75) is 26.3 Å². The van der Waals surface area contributed by atoms with E-state index in [0.29, 0.717) is 49.3 Å². The van der Waals surface area contributed by atoms with Crippen LogP contribution in [0.2, 0.25) is 0 Å². The molecule has 2 heterocycles. The van der Waals surface area contributed by atoms with Crippen LogP contribution in [-0.2, 0) is 20.7 Å². The number of hydrogen-bond acceptors (Lipinski definition) is 6. The minimum atomic E-state index is -0.722. The van der Waals surface area contributed by atoms with Crippen LogP contribution in [-0.4, -0.2) is 76.7 Å². The first-order valence-corrected chi connectivity index (χ1v) is 9.86. The molecule has 0 bridgehead atoms. The normalized spacial score (nSPS) is 15.0. The van der Waals surface area contributed by atoms with Crippen LogP contribution in [0.15, 0.2) is 29.1 Å². The van der Waals surface area contributed by atoms with Crippen LogP contribution in [0.5, 0.6) is 0 Å². The van der Waals surface area contributed by atoms with Crippen LogP contribution >= 0.6 is 0 Å². The lowest BCUT2D eigenvalue weighted by Gasteiger charge is -2.35. The standard InChI is InChI=1S/C20H25N5O5/c1-3-30-20(29)25-10-8-24(9-11-25)19(28)13(2)21-17(26)12-16-14-6-4-5-7-15(14)18(27)23-22-16/h4-7,13H,3,8-12H2,1-2H3,(H,21,26)(H,23,27)/t13-/m1/s1. The molecule has 1 saturated heterocycles. The molecule has 3 amide bonds. The Morgan fingerprint density at radius 3 is 2.43 bits per heavy atom. The summed E-state index contributed by atoms with van der Waals surface area (Å²) in [5, 5.41) is 10.1. The maximum Gasteiger partial charge on any atom is 0.409 e. The molecule has 2 N–H and O–H groups in total. The fourth-order valence-corrected chi connectivity index (χ4v) is 3.41. The molecule has 0 unspecified atom stereocenters. The molecule has 160 valence electrons. The molecule has 1 aliphatic rings. The zero-order chi connectivity index (χ0) is 21.7. The Hall–Kier alpha value is -3.43. The minimum Gasteiger partial charge on any atom is -0.450 e. The van der Waals surface area contributed by atoms with Gasteiger partial charge in [-0.1, -0.05) is 18.2 Å². The highest BCUT2D eigenvalue weighted by Crippen LogP contribution is 2.13. The number of aromatic nitrogens is 2. The number of nitrogens with one attached hydrogen (secondary N) is 2. The van der Waals surface area contributed by atoms with Gasteiger partial charge < -0.3 is 19.9 Å². The van der Waals surface area contributed by atoms with Gasteiger partial charge in [0.1, 0.15) is 6.04 Å². The highest BCUT2D eigenvalue weighted by atomic mass is 16.6. The molecule has 0 aliphatic carbocycles. The average Bonchev–Trinajstić information content (AvgIpc) is 2.75. The van der Waals surface area contributed by atoms with E-state index in [4.69, 9.17) is 4.74 Å². The van der Waals surface area contributed by atoms with E-state index in [1.807, 2.05) is 0 Å². The van der Waals surface area contributed by atoms with Gasteiger partial charge in [-0.25, -0.2) is 9.89 Å². The molecule has 10 nitrogen and oxygen atoms in total. The van der Waals surface area contributed by atoms with Gasteiger partial charge in [0.2, 0.25) is 11.8 Å². The number of hydrogen-bond donors (Lipinski definition) is 2. The molecule has 0 spiro atoms. The summed E-state index contributed by atoms with van der Waals surface area (Å²) in [6.07, 6.45) is -0.447. The fraction of sp³-hybridized carbons (Fsp3) is 0.450. The van der Waals surface area contributed by atoms with Gasteiger partial charge >= 0.3 is 6.09 Å². The number of nitrogens with zero attached hydrogens (tertiary/aromatic N) is 3. The molecular formula is C20H25N5O5. The van der Waals surface area contributed by atoms with E-state index in [9.17, 15) is 19.2 Å². The third-order valence-electron chi connectivity index (χ3n) is 4.97. The molecule has 1 aliphatic heterocycles. The molecule has 30 heavy (non-hydrogen) atoms. The molecule has 1 aromatic heterocycles. The highest BCUT2D eigenvalue weighted by molar-refractivity contribution is 5.91. The Morgan fingerprint density at radius 1 is 1.13 bits per heavy atom. The van der Waals surface area contributed by atoms with Crippen molar-refractivity contribution in [3.63, 3.8) is 0 Å². The number of amides is 3. The molecule has 3 rings (SSSR count). The SMILES string of the molecule is CCOC(=O)N1CCN(C(=O)[C@@H](C)NC(=O)Cc2n[nH]c(=O)c3ccccc23)CC1. The first-order chi connectivity index (χ1) is 14.4. The quantitative estimate of drug-likeness (QED) is 0.722. The van der Waals surface area contributed by atoms with Gasteiger partial charge in [0, 0.05) is 31.6 Å². The fourth-order valence-electron chi connectivity index (χ4n) is 3.41. The van der Waals surface area contributed by atoms with Crippen molar-refractivity contribution in [2.24, 2.45) is 0 Å². The number of rotatable bonds is 5. The van der Waals surface area contributed by atoms with Crippen LogP contribution in [0.3, 0.4) is 0 Å². The number of piperazine rings is 1. The monoisotopic (exact) mass is 415 g/mol. The summed E-state index contributed by atoms with van der Waals surface area (Å²) in [4.78, 5) is 51.9. The van der Waals surface area contributed by atoms with E-state index in [1.165, 1.54) is 0 Å². The van der Waals surface area contributed by atoms with Crippen LogP contribution in [0.1, 0.15) is 19.5 Å². The average molecular weight is 415 g/mol. The Kier molecular flexibility index (Phi) is 6.65. The van der Waals surface area contributed by atoms with Crippen LogP contribution in [0.25, 0.3) is 10.8 Å². The summed E-state index contributed by atoms with van der Waals surface area (Å²) < 4.78 is 4.97. The summed E-state index contributed by atoms with van der Waals surface area (Å²) in [7, 11) is 0. The topological polar surface area (TPSA) is 125 Å². The third-order valence-corrected chi connectivity index (χ3v) is 4.97. The van der Waals surface area contributed by atoms with E-state index in [1.54, 1.807) is 47.9 Å². The number of carbonyl (C=O) groups is 3. The van der Waals surface area contributed by atoms with Crippen molar-refractivity contribution >= 4 is 28.7 Å². The molecule has 0 radical (unpaired) electrons. The lowest BCUT2D eigenvalue weighted by Crippen LogP contribution is -2.55. The zero-order valence-corrected chi connectivity index (χ0v) is 17.0. The van der Waals surface area contributed by atoms with Crippen molar-refractivity contribution in [3.8, 4) is 0 Å².